The first-order valence-corrected chi connectivity index (χ1v) is 12.2. The normalized spacial score (nSPS) is 14.7. The molecule has 3 aromatic rings. The third kappa shape index (κ3) is 5.69. The van der Waals surface area contributed by atoms with Gasteiger partial charge in [0.15, 0.2) is 11.5 Å². The Kier molecular flexibility index (Phi) is 7.78. The third-order valence-corrected chi connectivity index (χ3v) is 6.95. The van der Waals surface area contributed by atoms with Crippen LogP contribution < -0.4 is 9.47 Å². The Bertz CT molecular complexity index is 1310. The maximum atomic E-state index is 14.2. The summed E-state index contributed by atoms with van der Waals surface area (Å²) < 4.78 is 39.1. The predicted octanol–water partition coefficient (Wildman–Crippen LogP) is 7.20. The minimum absolute atomic E-state index is 0.0739. The Morgan fingerprint density at radius 1 is 1.11 bits per heavy atom. The zero-order valence-electron chi connectivity index (χ0n) is 18.2. The van der Waals surface area contributed by atoms with E-state index in [9.17, 15) is 18.4 Å². The lowest BCUT2D eigenvalue weighted by Gasteiger charge is -2.14. The molecule has 0 bridgehead atoms. The van der Waals surface area contributed by atoms with Gasteiger partial charge in [0.05, 0.1) is 23.0 Å². The summed E-state index contributed by atoms with van der Waals surface area (Å²) in [4.78, 5) is 26.5. The molecule has 1 saturated heterocycles. The molecule has 0 spiro atoms. The van der Waals surface area contributed by atoms with Crippen molar-refractivity contribution in [2.45, 2.75) is 13.2 Å². The van der Waals surface area contributed by atoms with E-state index in [1.807, 2.05) is 0 Å². The van der Waals surface area contributed by atoms with Gasteiger partial charge in [-0.1, -0.05) is 29.8 Å². The van der Waals surface area contributed by atoms with Crippen LogP contribution in [-0.4, -0.2) is 23.2 Å². The molecule has 1 heterocycles. The molecule has 0 aliphatic carbocycles. The quantitative estimate of drug-likeness (QED) is 0.277. The fraction of sp³-hybridized carbons (Fsp3) is 0.120. The number of carbonyl (C=O) groups is 2. The van der Waals surface area contributed by atoms with Crippen molar-refractivity contribution in [1.82, 2.24) is 4.90 Å². The topological polar surface area (TPSA) is 55.8 Å². The molecule has 10 heteroatoms. The lowest BCUT2D eigenvalue weighted by molar-refractivity contribution is -0.123. The van der Waals surface area contributed by atoms with Gasteiger partial charge >= 0.3 is 0 Å². The molecule has 5 nitrogen and oxygen atoms in total. The van der Waals surface area contributed by atoms with Crippen LogP contribution in [-0.2, 0) is 17.9 Å². The summed E-state index contributed by atoms with van der Waals surface area (Å²) in [6.07, 6.45) is 1.55. The maximum absolute atomic E-state index is 14.2. The van der Waals surface area contributed by atoms with Crippen LogP contribution in [0.15, 0.2) is 64.0 Å². The van der Waals surface area contributed by atoms with Gasteiger partial charge in [0.1, 0.15) is 18.2 Å². The van der Waals surface area contributed by atoms with Gasteiger partial charge in [0, 0.05) is 10.6 Å². The van der Waals surface area contributed by atoms with E-state index in [4.69, 9.17) is 21.1 Å². The van der Waals surface area contributed by atoms with Crippen molar-refractivity contribution < 1.29 is 27.8 Å². The van der Waals surface area contributed by atoms with Gasteiger partial charge in [-0.05, 0) is 81.3 Å². The molecule has 3 aromatic carbocycles. The molecule has 0 N–H and O–H groups in total. The van der Waals surface area contributed by atoms with Crippen LogP contribution in [0.3, 0.4) is 0 Å². The summed E-state index contributed by atoms with van der Waals surface area (Å²) in [5, 5.41) is -0.385. The Hall–Kier alpha value is -2.88. The van der Waals surface area contributed by atoms with E-state index in [-0.39, 0.29) is 34.5 Å². The van der Waals surface area contributed by atoms with E-state index >= 15 is 0 Å². The van der Waals surface area contributed by atoms with E-state index in [1.54, 1.807) is 30.3 Å². The first-order chi connectivity index (χ1) is 16.8. The van der Waals surface area contributed by atoms with Crippen molar-refractivity contribution in [3.63, 3.8) is 0 Å². The standard InChI is InChI=1S/C25H17BrClF2NO4S/c1-33-21-10-15(9-18(26)23(21)34-13-14-5-7-16(28)8-6-14)11-22-24(31)30(25(32)35-22)12-17-19(27)3-2-4-20(17)29/h2-11H,12-13H2,1H3/b22-11+. The molecule has 35 heavy (non-hydrogen) atoms. The first-order valence-electron chi connectivity index (χ1n) is 10.2. The van der Waals surface area contributed by atoms with Crippen molar-refractivity contribution >= 4 is 56.5 Å². The highest BCUT2D eigenvalue weighted by Gasteiger charge is 2.36. The van der Waals surface area contributed by atoms with Crippen LogP contribution >= 0.6 is 39.3 Å². The van der Waals surface area contributed by atoms with E-state index in [1.165, 1.54) is 37.4 Å². The molecule has 180 valence electrons. The van der Waals surface area contributed by atoms with Crippen LogP contribution in [0.1, 0.15) is 16.7 Å². The molecule has 1 aliphatic rings. The lowest BCUT2D eigenvalue weighted by atomic mass is 10.1. The SMILES string of the molecule is COc1cc(/C=C2/SC(=O)N(Cc3c(F)cccc3Cl)C2=O)cc(Br)c1OCc1ccc(F)cc1. The zero-order chi connectivity index (χ0) is 25.1. The average molecular weight is 581 g/mol. The molecule has 2 amide bonds. The molecule has 1 fully saturated rings. The van der Waals surface area contributed by atoms with Gasteiger partial charge < -0.3 is 9.47 Å². The van der Waals surface area contributed by atoms with Crippen molar-refractivity contribution in [2.75, 3.05) is 7.11 Å². The Morgan fingerprint density at radius 3 is 2.54 bits per heavy atom. The second-order valence-electron chi connectivity index (χ2n) is 7.42. The van der Waals surface area contributed by atoms with Crippen LogP contribution in [0.25, 0.3) is 6.08 Å². The molecular weight excluding hydrogens is 564 g/mol. The van der Waals surface area contributed by atoms with Gasteiger partial charge in [-0.3, -0.25) is 14.5 Å². The fourth-order valence-electron chi connectivity index (χ4n) is 3.33. The molecule has 0 saturated carbocycles. The van der Waals surface area contributed by atoms with E-state index in [0.29, 0.717) is 21.5 Å². The van der Waals surface area contributed by atoms with Crippen LogP contribution in [0.5, 0.6) is 11.5 Å². The highest BCUT2D eigenvalue weighted by atomic mass is 79.9. The van der Waals surface area contributed by atoms with Crippen molar-refractivity contribution in [3.8, 4) is 11.5 Å². The van der Waals surface area contributed by atoms with Crippen molar-refractivity contribution in [3.05, 3.63) is 97.3 Å². The van der Waals surface area contributed by atoms with Crippen molar-refractivity contribution in [2.24, 2.45) is 0 Å². The molecule has 0 unspecified atom stereocenters. The Labute approximate surface area is 217 Å². The number of carbonyl (C=O) groups excluding carboxylic acids is 2. The van der Waals surface area contributed by atoms with E-state index in [0.717, 1.165) is 22.2 Å². The van der Waals surface area contributed by atoms with Crippen molar-refractivity contribution in [1.29, 1.82) is 0 Å². The van der Waals surface area contributed by atoms with Crippen LogP contribution in [0.4, 0.5) is 13.6 Å². The summed E-state index contributed by atoms with van der Waals surface area (Å²) >= 11 is 10.3. The number of hydrogen-bond acceptors (Lipinski definition) is 5. The second-order valence-corrected chi connectivity index (χ2v) is 9.67. The number of rotatable bonds is 7. The fourth-order valence-corrected chi connectivity index (χ4v) is 4.96. The van der Waals surface area contributed by atoms with Crippen LogP contribution in [0.2, 0.25) is 5.02 Å². The highest BCUT2D eigenvalue weighted by Crippen LogP contribution is 2.40. The number of imide groups is 1. The summed E-state index contributed by atoms with van der Waals surface area (Å²) in [5.41, 5.74) is 1.43. The number of hydrogen-bond donors (Lipinski definition) is 0. The zero-order valence-corrected chi connectivity index (χ0v) is 21.3. The molecule has 0 radical (unpaired) electrons. The largest absolute Gasteiger partial charge is 0.493 e. The summed E-state index contributed by atoms with van der Waals surface area (Å²) in [5.74, 6) is -0.656. The number of thioether (sulfide) groups is 1. The number of amides is 2. The predicted molar refractivity (Wildman–Crippen MR) is 134 cm³/mol. The van der Waals surface area contributed by atoms with Gasteiger partial charge in [0.2, 0.25) is 0 Å². The second kappa shape index (κ2) is 10.8. The number of methoxy groups -OCH3 is 1. The Balaban J connectivity index is 1.54. The Morgan fingerprint density at radius 2 is 1.86 bits per heavy atom. The molecular formula is C25H17BrClF2NO4S. The van der Waals surface area contributed by atoms with Crippen LogP contribution in [0, 0.1) is 11.6 Å². The maximum Gasteiger partial charge on any atom is 0.293 e. The number of nitrogens with zero attached hydrogens (tertiary/aromatic N) is 1. The average Bonchev–Trinajstić information content (AvgIpc) is 3.08. The number of ether oxygens (including phenoxy) is 2. The minimum atomic E-state index is -0.592. The molecule has 1 aliphatic heterocycles. The number of halogens is 4. The lowest BCUT2D eigenvalue weighted by Crippen LogP contribution is -2.28. The first kappa shape index (κ1) is 25.2. The van der Waals surface area contributed by atoms with Gasteiger partial charge in [0.25, 0.3) is 11.1 Å². The summed E-state index contributed by atoms with van der Waals surface area (Å²) in [7, 11) is 1.47. The molecule has 0 atom stereocenters. The monoisotopic (exact) mass is 579 g/mol. The summed E-state index contributed by atoms with van der Waals surface area (Å²) in [6.45, 7) is -0.0806. The van der Waals surface area contributed by atoms with E-state index < -0.39 is 17.0 Å². The summed E-state index contributed by atoms with van der Waals surface area (Å²) in [6, 6.07) is 13.5. The molecule has 4 rings (SSSR count). The third-order valence-electron chi connectivity index (χ3n) is 5.10. The van der Waals surface area contributed by atoms with Gasteiger partial charge in [-0.25, -0.2) is 8.78 Å². The molecule has 0 aromatic heterocycles. The smallest absolute Gasteiger partial charge is 0.293 e. The minimum Gasteiger partial charge on any atom is -0.493 e. The number of benzene rings is 3. The van der Waals surface area contributed by atoms with Gasteiger partial charge in [-0.15, -0.1) is 0 Å². The van der Waals surface area contributed by atoms with E-state index in [2.05, 4.69) is 15.9 Å². The highest BCUT2D eigenvalue weighted by molar-refractivity contribution is 9.10. The van der Waals surface area contributed by atoms with Gasteiger partial charge in [-0.2, -0.15) is 0 Å².